The molecule has 0 aliphatic heterocycles. The normalized spacial score (nSPS) is 18.8. The van der Waals surface area contributed by atoms with Gasteiger partial charge in [-0.2, -0.15) is 0 Å². The highest BCUT2D eigenvalue weighted by Crippen LogP contribution is 2.58. The van der Waals surface area contributed by atoms with Gasteiger partial charge in [-0.25, -0.2) is 0 Å². The van der Waals surface area contributed by atoms with Crippen LogP contribution in [0.1, 0.15) is 55.5 Å². The lowest BCUT2D eigenvalue weighted by atomic mass is 9.90. The Bertz CT molecular complexity index is 1150. The van der Waals surface area contributed by atoms with Gasteiger partial charge in [0.1, 0.15) is 8.80 Å². The third-order valence-corrected chi connectivity index (χ3v) is 13.0. The van der Waals surface area contributed by atoms with E-state index in [4.69, 9.17) is 0 Å². The Labute approximate surface area is 196 Å². The van der Waals surface area contributed by atoms with Crippen molar-refractivity contribution in [3.05, 3.63) is 111 Å². The molecule has 164 valence electrons. The van der Waals surface area contributed by atoms with E-state index in [-0.39, 0.29) is 5.04 Å². The maximum absolute atomic E-state index is 2.55. The first-order valence-electron chi connectivity index (χ1n) is 11.8. The second kappa shape index (κ2) is 8.37. The summed E-state index contributed by atoms with van der Waals surface area (Å²) in [5.41, 5.74) is 13.2. The zero-order chi connectivity index (χ0) is 23.2. The molecule has 32 heavy (non-hydrogen) atoms. The zero-order valence-corrected chi connectivity index (χ0v) is 22.1. The molecule has 1 heteroatoms. The molecule has 0 heterocycles. The van der Waals surface area contributed by atoms with Gasteiger partial charge >= 0.3 is 0 Å². The third-order valence-electron chi connectivity index (χ3n) is 8.10. The molecule has 0 fully saturated rings. The quantitative estimate of drug-likeness (QED) is 0.393. The predicted molar refractivity (Wildman–Crippen MR) is 144 cm³/mol. The fraction of sp³-hybridized carbons (Fsp3) is 0.290. The summed E-state index contributed by atoms with van der Waals surface area (Å²) in [6, 6.07) is 24.8. The largest absolute Gasteiger partial charge is 0.118 e. The first kappa shape index (κ1) is 22.5. The first-order chi connectivity index (χ1) is 15.2. The van der Waals surface area contributed by atoms with Crippen molar-refractivity contribution in [1.29, 1.82) is 0 Å². The van der Waals surface area contributed by atoms with Gasteiger partial charge < -0.3 is 0 Å². The highest BCUT2D eigenvalue weighted by Gasteiger charge is 2.49. The van der Waals surface area contributed by atoms with E-state index in [9.17, 15) is 0 Å². The molecule has 0 aromatic heterocycles. The molecule has 0 saturated carbocycles. The molecule has 1 aliphatic rings. The lowest BCUT2D eigenvalue weighted by Crippen LogP contribution is -2.55. The molecule has 3 aromatic carbocycles. The second-order valence-electron chi connectivity index (χ2n) is 9.86. The van der Waals surface area contributed by atoms with Gasteiger partial charge in [0.15, 0.2) is 0 Å². The summed E-state index contributed by atoms with van der Waals surface area (Å²) in [6.07, 6.45) is 0. The lowest BCUT2D eigenvalue weighted by Gasteiger charge is -2.41. The minimum atomic E-state index is -1.75. The van der Waals surface area contributed by atoms with E-state index in [1.54, 1.807) is 15.9 Å². The Morgan fingerprint density at radius 3 is 1.41 bits per heavy atom. The van der Waals surface area contributed by atoms with Gasteiger partial charge in [-0.3, -0.25) is 0 Å². The Kier molecular flexibility index (Phi) is 5.90. The standard InChI is InChI=1S/C31H36Si/c1-20-14-12-15-21(2)29(20)32(30-22(3)16-13-17-23(30)4)31(8)26(7)24(5)25(6)28(31)27-18-10-9-11-19-27/h9-19,32H,1-8H3. The van der Waals surface area contributed by atoms with Crippen LogP contribution < -0.4 is 10.4 Å². The Balaban J connectivity index is 2.14. The molecule has 0 nitrogen and oxygen atoms in total. The van der Waals surface area contributed by atoms with E-state index in [1.165, 1.54) is 44.5 Å². The van der Waals surface area contributed by atoms with E-state index in [0.717, 1.165) is 0 Å². The van der Waals surface area contributed by atoms with Crippen LogP contribution in [0.2, 0.25) is 5.04 Å². The highest BCUT2D eigenvalue weighted by atomic mass is 28.3. The molecular formula is C31H36Si. The summed E-state index contributed by atoms with van der Waals surface area (Å²) in [5.74, 6) is 0. The zero-order valence-electron chi connectivity index (χ0n) is 20.9. The molecule has 0 saturated heterocycles. The molecule has 0 radical (unpaired) electrons. The molecule has 0 spiro atoms. The van der Waals surface area contributed by atoms with Gasteiger partial charge in [-0.1, -0.05) is 112 Å². The maximum atomic E-state index is 2.55. The van der Waals surface area contributed by atoms with Gasteiger partial charge in [-0.15, -0.1) is 0 Å². The van der Waals surface area contributed by atoms with Crippen LogP contribution in [0.25, 0.3) is 5.57 Å². The second-order valence-corrected chi connectivity index (χ2v) is 13.0. The van der Waals surface area contributed by atoms with Crippen molar-refractivity contribution in [2.24, 2.45) is 0 Å². The van der Waals surface area contributed by atoms with Gasteiger partial charge in [0.25, 0.3) is 0 Å². The molecule has 4 rings (SSSR count). The van der Waals surface area contributed by atoms with Crippen molar-refractivity contribution >= 4 is 24.7 Å². The number of benzene rings is 3. The first-order valence-corrected chi connectivity index (χ1v) is 13.5. The average molecular weight is 437 g/mol. The van der Waals surface area contributed by atoms with Crippen molar-refractivity contribution in [3.63, 3.8) is 0 Å². The van der Waals surface area contributed by atoms with Crippen LogP contribution in [0.5, 0.6) is 0 Å². The number of hydrogen-bond donors (Lipinski definition) is 0. The van der Waals surface area contributed by atoms with Crippen molar-refractivity contribution in [3.8, 4) is 0 Å². The molecule has 1 unspecified atom stereocenters. The average Bonchev–Trinajstić information content (AvgIpc) is 2.93. The minimum Gasteiger partial charge on any atom is -0.0622 e. The van der Waals surface area contributed by atoms with Gasteiger partial charge in [0.05, 0.1) is 0 Å². The maximum Gasteiger partial charge on any atom is 0.118 e. The molecule has 0 bridgehead atoms. The van der Waals surface area contributed by atoms with E-state index >= 15 is 0 Å². The smallest absolute Gasteiger partial charge is 0.0622 e. The number of allylic oxidation sites excluding steroid dienone is 4. The van der Waals surface area contributed by atoms with Gasteiger partial charge in [-0.05, 0) is 70.7 Å². The fourth-order valence-corrected chi connectivity index (χ4v) is 11.2. The number of aryl methyl sites for hydroxylation is 4. The van der Waals surface area contributed by atoms with Crippen molar-refractivity contribution in [2.75, 3.05) is 0 Å². The molecule has 1 atom stereocenters. The molecule has 1 aliphatic carbocycles. The van der Waals surface area contributed by atoms with Gasteiger partial charge in [0, 0.05) is 5.04 Å². The number of rotatable bonds is 4. The van der Waals surface area contributed by atoms with Crippen LogP contribution >= 0.6 is 0 Å². The Morgan fingerprint density at radius 2 is 0.969 bits per heavy atom. The monoisotopic (exact) mass is 436 g/mol. The summed E-state index contributed by atoms with van der Waals surface area (Å²) in [4.78, 5) is 0. The van der Waals surface area contributed by atoms with E-state index in [2.05, 4.69) is 122 Å². The molecule has 3 aromatic rings. The molecule has 0 N–H and O–H groups in total. The lowest BCUT2D eigenvalue weighted by molar-refractivity contribution is 0.900. The van der Waals surface area contributed by atoms with Crippen molar-refractivity contribution in [1.82, 2.24) is 0 Å². The number of hydrogen-bond acceptors (Lipinski definition) is 0. The summed E-state index contributed by atoms with van der Waals surface area (Å²) in [5, 5.41) is 3.23. The van der Waals surface area contributed by atoms with E-state index in [0.29, 0.717) is 0 Å². The molecule has 0 amide bonds. The summed E-state index contributed by atoms with van der Waals surface area (Å²) < 4.78 is 0. The van der Waals surface area contributed by atoms with Crippen molar-refractivity contribution < 1.29 is 0 Å². The van der Waals surface area contributed by atoms with Crippen molar-refractivity contribution in [2.45, 2.75) is 60.4 Å². The summed E-state index contributed by atoms with van der Waals surface area (Å²) in [6.45, 7) is 18.9. The summed E-state index contributed by atoms with van der Waals surface area (Å²) >= 11 is 0. The Morgan fingerprint density at radius 1 is 0.531 bits per heavy atom. The van der Waals surface area contributed by atoms with E-state index < -0.39 is 8.80 Å². The van der Waals surface area contributed by atoms with Crippen LogP contribution in [0.4, 0.5) is 0 Å². The fourth-order valence-electron chi connectivity index (χ4n) is 6.20. The van der Waals surface area contributed by atoms with Crippen LogP contribution in [-0.4, -0.2) is 8.80 Å². The van der Waals surface area contributed by atoms with Crippen LogP contribution in [0.15, 0.2) is 83.4 Å². The van der Waals surface area contributed by atoms with E-state index in [1.807, 2.05) is 0 Å². The summed E-state index contributed by atoms with van der Waals surface area (Å²) in [7, 11) is -1.75. The van der Waals surface area contributed by atoms with Crippen LogP contribution in [0, 0.1) is 27.7 Å². The Hall–Kier alpha value is -2.64. The SMILES string of the molecule is CC1=C(C)C(C)([SiH](c2c(C)cccc2C)c2c(C)cccc2C)C(c2ccccc2)=C1C. The predicted octanol–water partition coefficient (Wildman–Crippen LogP) is 6.85. The minimum absolute atomic E-state index is 0.00324. The van der Waals surface area contributed by atoms with Gasteiger partial charge in [0.2, 0.25) is 0 Å². The molecular weight excluding hydrogens is 400 g/mol. The highest BCUT2D eigenvalue weighted by molar-refractivity contribution is 6.91. The third kappa shape index (κ3) is 3.35. The van der Waals surface area contributed by atoms with Crippen LogP contribution in [-0.2, 0) is 0 Å². The topological polar surface area (TPSA) is 0 Å². The van der Waals surface area contributed by atoms with Crippen LogP contribution in [0.3, 0.4) is 0 Å².